The maximum Gasteiger partial charge on any atom is 0.144 e. The van der Waals surface area contributed by atoms with E-state index in [1.807, 2.05) is 19.2 Å². The molecule has 0 aliphatic rings. The van der Waals surface area contributed by atoms with Gasteiger partial charge in [-0.2, -0.15) is 0 Å². The highest BCUT2D eigenvalue weighted by atomic mass is 32.2. The number of nitrogens with zero attached hydrogens (tertiary/aromatic N) is 3. The van der Waals surface area contributed by atoms with Gasteiger partial charge in [-0.05, 0) is 57.1 Å². The van der Waals surface area contributed by atoms with Gasteiger partial charge in [0, 0.05) is 28.9 Å². The van der Waals surface area contributed by atoms with Gasteiger partial charge in [0.15, 0.2) is 0 Å². The number of aromatic nitrogens is 3. The van der Waals surface area contributed by atoms with Crippen LogP contribution in [0.25, 0.3) is 21.9 Å². The molecule has 0 aliphatic carbocycles. The minimum Gasteiger partial charge on any atom is -0.370 e. The summed E-state index contributed by atoms with van der Waals surface area (Å²) in [6.45, 7) is 6.23. The first-order chi connectivity index (χ1) is 13.7. The summed E-state index contributed by atoms with van der Waals surface area (Å²) in [5.74, 6) is 0.808. The zero-order valence-corrected chi connectivity index (χ0v) is 17.1. The van der Waals surface area contributed by atoms with Gasteiger partial charge in [-0.3, -0.25) is 4.72 Å². The van der Waals surface area contributed by atoms with Crippen molar-refractivity contribution in [3.63, 3.8) is 0 Å². The van der Waals surface area contributed by atoms with Crippen LogP contribution < -0.4 is 14.9 Å². The molecule has 0 aliphatic heterocycles. The summed E-state index contributed by atoms with van der Waals surface area (Å²) in [7, 11) is 1.93. The summed E-state index contributed by atoms with van der Waals surface area (Å²) in [6.07, 6.45) is 1.60. The molecule has 28 heavy (non-hydrogen) atoms. The molecule has 0 atom stereocenters. The lowest BCUT2D eigenvalue weighted by Gasteiger charge is -2.25. The number of rotatable bonds is 7. The summed E-state index contributed by atoms with van der Waals surface area (Å²) >= 11 is 1.60. The molecule has 6 nitrogen and oxygen atoms in total. The monoisotopic (exact) mass is 392 g/mol. The number of benzene rings is 2. The standard InChI is InChI=1S/C21H24N6S/c1-4-27(5-2)18-11-10-14(28-22-3)12-17(18)26-21-19-15-8-6-7-9-16(15)25-20(19)23-13-24-21/h6-13,22H,4-5H2,1-3H3,(H2,23,24,25,26). The summed E-state index contributed by atoms with van der Waals surface area (Å²) < 4.78 is 3.15. The molecule has 2 aromatic carbocycles. The summed E-state index contributed by atoms with van der Waals surface area (Å²) in [5.41, 5.74) is 4.10. The van der Waals surface area contributed by atoms with Crippen LogP contribution in [-0.2, 0) is 0 Å². The van der Waals surface area contributed by atoms with Crippen LogP contribution in [0.4, 0.5) is 17.2 Å². The Morgan fingerprint density at radius 3 is 2.68 bits per heavy atom. The first-order valence-electron chi connectivity index (χ1n) is 9.46. The number of aromatic amines is 1. The van der Waals surface area contributed by atoms with E-state index in [-0.39, 0.29) is 0 Å². The maximum absolute atomic E-state index is 4.57. The van der Waals surface area contributed by atoms with Gasteiger partial charge in [0.2, 0.25) is 0 Å². The van der Waals surface area contributed by atoms with Crippen molar-refractivity contribution >= 4 is 51.1 Å². The SMILES string of the molecule is CCN(CC)c1ccc(SNC)cc1Nc1ncnc2[nH]c3ccccc3c12. The van der Waals surface area contributed by atoms with E-state index >= 15 is 0 Å². The van der Waals surface area contributed by atoms with E-state index in [1.165, 1.54) is 0 Å². The second-order valence-corrected chi connectivity index (χ2v) is 7.48. The van der Waals surface area contributed by atoms with Gasteiger partial charge < -0.3 is 15.2 Å². The third kappa shape index (κ3) is 3.39. The Balaban J connectivity index is 1.85. The zero-order valence-electron chi connectivity index (χ0n) is 16.3. The highest BCUT2D eigenvalue weighted by Crippen LogP contribution is 2.35. The molecule has 7 heteroatoms. The smallest absolute Gasteiger partial charge is 0.144 e. The van der Waals surface area contributed by atoms with Crippen LogP contribution in [-0.4, -0.2) is 35.1 Å². The molecule has 0 radical (unpaired) electrons. The quantitative estimate of drug-likeness (QED) is 0.388. The van der Waals surface area contributed by atoms with Crippen LogP contribution in [0.5, 0.6) is 0 Å². The molecular weight excluding hydrogens is 368 g/mol. The average Bonchev–Trinajstić information content (AvgIpc) is 3.10. The van der Waals surface area contributed by atoms with E-state index < -0.39 is 0 Å². The molecule has 2 aromatic heterocycles. The molecule has 0 amide bonds. The molecule has 4 rings (SSSR count). The predicted molar refractivity (Wildman–Crippen MR) is 120 cm³/mol. The van der Waals surface area contributed by atoms with Gasteiger partial charge in [-0.15, -0.1) is 0 Å². The maximum atomic E-state index is 4.57. The van der Waals surface area contributed by atoms with Gasteiger partial charge in [0.1, 0.15) is 17.8 Å². The third-order valence-electron chi connectivity index (χ3n) is 4.84. The first-order valence-corrected chi connectivity index (χ1v) is 10.3. The Labute approximate surface area is 168 Å². The number of H-pyrrole nitrogens is 1. The van der Waals surface area contributed by atoms with E-state index in [9.17, 15) is 0 Å². The molecular formula is C21H24N6S. The van der Waals surface area contributed by atoms with Gasteiger partial charge in [-0.25, -0.2) is 9.97 Å². The van der Waals surface area contributed by atoms with Crippen LogP contribution >= 0.6 is 11.9 Å². The topological polar surface area (TPSA) is 68.9 Å². The van der Waals surface area contributed by atoms with Crippen LogP contribution in [0.1, 0.15) is 13.8 Å². The van der Waals surface area contributed by atoms with Crippen LogP contribution in [0.15, 0.2) is 53.7 Å². The van der Waals surface area contributed by atoms with Crippen LogP contribution in [0.3, 0.4) is 0 Å². The lowest BCUT2D eigenvalue weighted by Crippen LogP contribution is -2.22. The lowest BCUT2D eigenvalue weighted by atomic mass is 10.2. The Kier molecular flexibility index (Phi) is 5.36. The van der Waals surface area contributed by atoms with Crippen molar-refractivity contribution < 1.29 is 0 Å². The van der Waals surface area contributed by atoms with Crippen molar-refractivity contribution in [1.82, 2.24) is 19.7 Å². The molecule has 0 fully saturated rings. The Morgan fingerprint density at radius 2 is 1.89 bits per heavy atom. The van der Waals surface area contributed by atoms with Crippen molar-refractivity contribution in [2.45, 2.75) is 18.7 Å². The van der Waals surface area contributed by atoms with E-state index in [0.29, 0.717) is 0 Å². The lowest BCUT2D eigenvalue weighted by molar-refractivity contribution is 0.866. The number of fused-ring (bicyclic) bond motifs is 3. The number of hydrogen-bond acceptors (Lipinski definition) is 6. The van der Waals surface area contributed by atoms with Crippen molar-refractivity contribution in [3.8, 4) is 0 Å². The zero-order chi connectivity index (χ0) is 19.5. The fourth-order valence-corrected chi connectivity index (χ4v) is 4.08. The molecule has 0 spiro atoms. The molecule has 4 aromatic rings. The van der Waals surface area contributed by atoms with Crippen molar-refractivity contribution in [3.05, 3.63) is 48.8 Å². The molecule has 0 unspecified atom stereocenters. The van der Waals surface area contributed by atoms with Crippen LogP contribution in [0.2, 0.25) is 0 Å². The van der Waals surface area contributed by atoms with Crippen LogP contribution in [0, 0.1) is 0 Å². The molecule has 0 saturated heterocycles. The fourth-order valence-electron chi connectivity index (χ4n) is 3.53. The largest absolute Gasteiger partial charge is 0.370 e. The van der Waals surface area contributed by atoms with E-state index in [4.69, 9.17) is 0 Å². The molecule has 3 N–H and O–H groups in total. The van der Waals surface area contributed by atoms with Gasteiger partial charge in [0.25, 0.3) is 0 Å². The Hall–Kier alpha value is -2.77. The molecule has 0 saturated carbocycles. The third-order valence-corrected chi connectivity index (χ3v) is 5.54. The summed E-state index contributed by atoms with van der Waals surface area (Å²) in [6, 6.07) is 14.7. The number of nitrogens with one attached hydrogen (secondary N) is 3. The Morgan fingerprint density at radius 1 is 1.07 bits per heavy atom. The first kappa shape index (κ1) is 18.6. The van der Waals surface area contributed by atoms with Crippen molar-refractivity contribution in [2.24, 2.45) is 0 Å². The average molecular weight is 393 g/mol. The number of para-hydroxylation sites is 1. The van der Waals surface area contributed by atoms with Gasteiger partial charge in [0.05, 0.1) is 16.8 Å². The fraction of sp³-hybridized carbons (Fsp3) is 0.238. The predicted octanol–water partition coefficient (Wildman–Crippen LogP) is 4.93. The highest BCUT2D eigenvalue weighted by Gasteiger charge is 2.15. The molecule has 0 bridgehead atoms. The number of hydrogen-bond donors (Lipinski definition) is 3. The minimum atomic E-state index is 0.808. The van der Waals surface area contributed by atoms with Crippen molar-refractivity contribution in [2.75, 3.05) is 30.4 Å². The van der Waals surface area contributed by atoms with Crippen molar-refractivity contribution in [1.29, 1.82) is 0 Å². The molecule has 2 heterocycles. The second-order valence-electron chi connectivity index (χ2n) is 6.40. The van der Waals surface area contributed by atoms with E-state index in [2.05, 4.69) is 74.1 Å². The normalized spacial score (nSPS) is 11.2. The Bertz CT molecular complexity index is 1100. The van der Waals surface area contributed by atoms with Gasteiger partial charge in [-0.1, -0.05) is 18.2 Å². The van der Waals surface area contributed by atoms with E-state index in [1.54, 1.807) is 18.3 Å². The number of anilines is 3. The second kappa shape index (κ2) is 8.08. The van der Waals surface area contributed by atoms with E-state index in [0.717, 1.165) is 57.1 Å². The summed E-state index contributed by atoms with van der Waals surface area (Å²) in [5, 5.41) is 5.71. The van der Waals surface area contributed by atoms with Gasteiger partial charge >= 0.3 is 0 Å². The molecule has 144 valence electrons. The minimum absolute atomic E-state index is 0.808. The summed E-state index contributed by atoms with van der Waals surface area (Å²) in [4.78, 5) is 15.9. The highest BCUT2D eigenvalue weighted by molar-refractivity contribution is 7.97.